The summed E-state index contributed by atoms with van der Waals surface area (Å²) >= 11 is 4.17. The van der Waals surface area contributed by atoms with Crippen molar-refractivity contribution in [3.63, 3.8) is 0 Å². The van der Waals surface area contributed by atoms with E-state index >= 15 is 0 Å². The van der Waals surface area contributed by atoms with E-state index in [1.807, 2.05) is 30.3 Å². The zero-order chi connectivity index (χ0) is 11.4. The first-order valence-corrected chi connectivity index (χ1v) is 5.36. The van der Waals surface area contributed by atoms with Crippen LogP contribution in [0.15, 0.2) is 59.5 Å². The monoisotopic (exact) mass is 229 g/mol. The molecule has 3 heteroatoms. The van der Waals surface area contributed by atoms with Crippen LogP contribution in [0.4, 0.5) is 5.69 Å². The van der Waals surface area contributed by atoms with E-state index in [0.29, 0.717) is 5.56 Å². The lowest BCUT2D eigenvalue weighted by molar-refractivity contribution is 0.102. The van der Waals surface area contributed by atoms with Crippen LogP contribution in [0.25, 0.3) is 0 Å². The van der Waals surface area contributed by atoms with E-state index in [1.54, 1.807) is 24.3 Å². The first kappa shape index (κ1) is 10.8. The van der Waals surface area contributed by atoms with Gasteiger partial charge in [-0.2, -0.15) is 0 Å². The molecule has 0 radical (unpaired) electrons. The first-order chi connectivity index (χ1) is 7.75. The SMILES string of the molecule is O=C(Nc1ccccc1)c1ccc(S)cc1. The van der Waals surface area contributed by atoms with Crippen LogP contribution in [0.2, 0.25) is 0 Å². The van der Waals surface area contributed by atoms with E-state index in [9.17, 15) is 4.79 Å². The number of carbonyl (C=O) groups excluding carboxylic acids is 1. The third-order valence-electron chi connectivity index (χ3n) is 2.16. The van der Waals surface area contributed by atoms with Gasteiger partial charge in [-0.1, -0.05) is 18.2 Å². The molecule has 0 atom stereocenters. The Balaban J connectivity index is 2.12. The van der Waals surface area contributed by atoms with Crippen LogP contribution in [0, 0.1) is 0 Å². The number of carbonyl (C=O) groups is 1. The Morgan fingerprint density at radius 3 is 2.19 bits per heavy atom. The van der Waals surface area contributed by atoms with Gasteiger partial charge in [0.05, 0.1) is 0 Å². The van der Waals surface area contributed by atoms with E-state index in [0.717, 1.165) is 10.6 Å². The van der Waals surface area contributed by atoms with E-state index < -0.39 is 0 Å². The number of para-hydroxylation sites is 1. The van der Waals surface area contributed by atoms with E-state index in [2.05, 4.69) is 17.9 Å². The zero-order valence-electron chi connectivity index (χ0n) is 8.55. The molecule has 0 heterocycles. The second-order valence-electron chi connectivity index (χ2n) is 3.37. The highest BCUT2D eigenvalue weighted by Crippen LogP contribution is 2.11. The van der Waals surface area contributed by atoms with Crippen LogP contribution in [0.5, 0.6) is 0 Å². The minimum Gasteiger partial charge on any atom is -0.322 e. The molecule has 16 heavy (non-hydrogen) atoms. The smallest absolute Gasteiger partial charge is 0.255 e. The molecular formula is C13H11NOS. The van der Waals surface area contributed by atoms with Crippen LogP contribution in [-0.2, 0) is 0 Å². The van der Waals surface area contributed by atoms with Gasteiger partial charge in [0.15, 0.2) is 0 Å². The molecule has 0 saturated carbocycles. The Kier molecular flexibility index (Phi) is 3.27. The molecule has 0 aliphatic heterocycles. The van der Waals surface area contributed by atoms with Gasteiger partial charge in [-0.3, -0.25) is 4.79 Å². The number of hydrogen-bond acceptors (Lipinski definition) is 2. The topological polar surface area (TPSA) is 29.1 Å². The maximum atomic E-state index is 11.8. The van der Waals surface area contributed by atoms with Crippen LogP contribution >= 0.6 is 12.6 Å². The molecule has 1 N–H and O–H groups in total. The summed E-state index contributed by atoms with van der Waals surface area (Å²) in [6.45, 7) is 0. The van der Waals surface area contributed by atoms with Gasteiger partial charge in [0.25, 0.3) is 5.91 Å². The van der Waals surface area contributed by atoms with Gasteiger partial charge in [-0.15, -0.1) is 12.6 Å². The van der Waals surface area contributed by atoms with E-state index in [1.165, 1.54) is 0 Å². The third-order valence-corrected chi connectivity index (χ3v) is 2.46. The summed E-state index contributed by atoms with van der Waals surface area (Å²) in [5.74, 6) is -0.112. The Bertz CT molecular complexity index is 479. The van der Waals surface area contributed by atoms with Crippen molar-refractivity contribution in [2.45, 2.75) is 4.90 Å². The molecule has 1 amide bonds. The Labute approximate surface area is 99.7 Å². The number of amides is 1. The number of nitrogens with one attached hydrogen (secondary N) is 1. The highest BCUT2D eigenvalue weighted by molar-refractivity contribution is 7.80. The molecule has 0 saturated heterocycles. The average Bonchev–Trinajstić information content (AvgIpc) is 2.31. The summed E-state index contributed by atoms with van der Waals surface area (Å²) in [7, 11) is 0. The Morgan fingerprint density at radius 2 is 1.56 bits per heavy atom. The molecule has 2 rings (SSSR count). The molecule has 0 bridgehead atoms. The minimum atomic E-state index is -0.112. The standard InChI is InChI=1S/C13H11NOS/c15-13(10-6-8-12(16)9-7-10)14-11-4-2-1-3-5-11/h1-9,16H,(H,14,15). The summed E-state index contributed by atoms with van der Waals surface area (Å²) in [6, 6.07) is 16.5. The number of benzene rings is 2. The number of hydrogen-bond donors (Lipinski definition) is 2. The second-order valence-corrected chi connectivity index (χ2v) is 3.88. The number of thiol groups is 1. The largest absolute Gasteiger partial charge is 0.322 e. The third kappa shape index (κ3) is 2.64. The first-order valence-electron chi connectivity index (χ1n) is 4.91. The van der Waals surface area contributed by atoms with Crippen molar-refractivity contribution in [3.8, 4) is 0 Å². The quantitative estimate of drug-likeness (QED) is 0.761. The van der Waals surface area contributed by atoms with Gasteiger partial charge < -0.3 is 5.32 Å². The fourth-order valence-corrected chi connectivity index (χ4v) is 1.49. The van der Waals surface area contributed by atoms with Crippen molar-refractivity contribution in [2.75, 3.05) is 5.32 Å². The number of rotatable bonds is 2. The van der Waals surface area contributed by atoms with Crippen molar-refractivity contribution >= 4 is 24.2 Å². The molecular weight excluding hydrogens is 218 g/mol. The summed E-state index contributed by atoms with van der Waals surface area (Å²) in [4.78, 5) is 12.6. The van der Waals surface area contributed by atoms with Crippen molar-refractivity contribution in [1.82, 2.24) is 0 Å². The Morgan fingerprint density at radius 1 is 0.938 bits per heavy atom. The Hall–Kier alpha value is -1.74. The van der Waals surface area contributed by atoms with Gasteiger partial charge in [0, 0.05) is 16.1 Å². The van der Waals surface area contributed by atoms with Gasteiger partial charge in [-0.05, 0) is 36.4 Å². The molecule has 0 aromatic heterocycles. The van der Waals surface area contributed by atoms with Gasteiger partial charge in [0.2, 0.25) is 0 Å². The van der Waals surface area contributed by atoms with Crippen LogP contribution < -0.4 is 5.32 Å². The predicted octanol–water partition coefficient (Wildman–Crippen LogP) is 3.23. The molecule has 0 aliphatic rings. The molecule has 2 nitrogen and oxygen atoms in total. The van der Waals surface area contributed by atoms with Crippen LogP contribution in [0.3, 0.4) is 0 Å². The molecule has 0 spiro atoms. The van der Waals surface area contributed by atoms with Crippen molar-refractivity contribution in [3.05, 3.63) is 60.2 Å². The van der Waals surface area contributed by atoms with Gasteiger partial charge in [-0.25, -0.2) is 0 Å². The highest BCUT2D eigenvalue weighted by Gasteiger charge is 2.04. The lowest BCUT2D eigenvalue weighted by atomic mass is 10.2. The maximum absolute atomic E-state index is 11.8. The second kappa shape index (κ2) is 4.86. The van der Waals surface area contributed by atoms with Gasteiger partial charge >= 0.3 is 0 Å². The van der Waals surface area contributed by atoms with E-state index in [-0.39, 0.29) is 5.91 Å². The van der Waals surface area contributed by atoms with Crippen LogP contribution in [0.1, 0.15) is 10.4 Å². The number of anilines is 1. The maximum Gasteiger partial charge on any atom is 0.255 e. The molecule has 80 valence electrons. The van der Waals surface area contributed by atoms with Crippen molar-refractivity contribution in [1.29, 1.82) is 0 Å². The minimum absolute atomic E-state index is 0.112. The lowest BCUT2D eigenvalue weighted by Gasteiger charge is -2.04. The highest BCUT2D eigenvalue weighted by atomic mass is 32.1. The summed E-state index contributed by atoms with van der Waals surface area (Å²) in [5.41, 5.74) is 1.42. The van der Waals surface area contributed by atoms with Crippen molar-refractivity contribution in [2.24, 2.45) is 0 Å². The predicted molar refractivity (Wildman–Crippen MR) is 68.1 cm³/mol. The van der Waals surface area contributed by atoms with Crippen molar-refractivity contribution < 1.29 is 4.79 Å². The normalized spacial score (nSPS) is 9.81. The summed E-state index contributed by atoms with van der Waals surface area (Å²) in [6.07, 6.45) is 0. The fraction of sp³-hybridized carbons (Fsp3) is 0. The molecule has 0 unspecified atom stereocenters. The van der Waals surface area contributed by atoms with E-state index in [4.69, 9.17) is 0 Å². The molecule has 0 fully saturated rings. The molecule has 2 aromatic rings. The molecule has 2 aromatic carbocycles. The fourth-order valence-electron chi connectivity index (χ4n) is 1.34. The van der Waals surface area contributed by atoms with Crippen LogP contribution in [-0.4, -0.2) is 5.91 Å². The average molecular weight is 229 g/mol. The zero-order valence-corrected chi connectivity index (χ0v) is 9.45. The molecule has 0 aliphatic carbocycles. The van der Waals surface area contributed by atoms with Gasteiger partial charge in [0.1, 0.15) is 0 Å². The summed E-state index contributed by atoms with van der Waals surface area (Å²) < 4.78 is 0. The summed E-state index contributed by atoms with van der Waals surface area (Å²) in [5, 5.41) is 2.81. The lowest BCUT2D eigenvalue weighted by Crippen LogP contribution is -2.11.